The van der Waals surface area contributed by atoms with Crippen molar-refractivity contribution in [2.45, 2.75) is 39.9 Å². The van der Waals surface area contributed by atoms with Crippen LogP contribution in [0.15, 0.2) is 48.5 Å². The van der Waals surface area contributed by atoms with Crippen LogP contribution in [0.2, 0.25) is 5.02 Å². The number of carbonyl (C=O) groups is 2. The Balaban J connectivity index is 0.000000857. The first-order valence-electron chi connectivity index (χ1n) is 12.9. The van der Waals surface area contributed by atoms with Crippen molar-refractivity contribution in [3.05, 3.63) is 69.7 Å². The summed E-state index contributed by atoms with van der Waals surface area (Å²) in [6.07, 6.45) is 1.76. The van der Waals surface area contributed by atoms with Gasteiger partial charge in [0.05, 0.1) is 28.0 Å². The number of nitrogens with one attached hydrogen (secondary N) is 4. The van der Waals surface area contributed by atoms with Gasteiger partial charge in [0, 0.05) is 32.1 Å². The fourth-order valence-corrected chi connectivity index (χ4v) is 3.61. The molecule has 0 aliphatic heterocycles. The molecule has 13 nitrogen and oxygen atoms in total. The lowest BCUT2D eigenvalue weighted by molar-refractivity contribution is -0.137. The molecule has 18 heteroatoms. The summed E-state index contributed by atoms with van der Waals surface area (Å²) in [5.41, 5.74) is 6.95. The van der Waals surface area contributed by atoms with E-state index in [0.29, 0.717) is 28.8 Å². The highest BCUT2D eigenvalue weighted by Gasteiger charge is 2.33. The van der Waals surface area contributed by atoms with Gasteiger partial charge in [-0.25, -0.2) is 25.8 Å². The predicted octanol–water partition coefficient (Wildman–Crippen LogP) is 4.44. The van der Waals surface area contributed by atoms with E-state index in [0.717, 1.165) is 18.5 Å². The van der Waals surface area contributed by atoms with E-state index in [1.165, 1.54) is 37.0 Å². The maximum Gasteiger partial charge on any atom is 0.418 e. The van der Waals surface area contributed by atoms with Gasteiger partial charge in [-0.2, -0.15) is 13.2 Å². The number of aromatic nitrogens is 4. The van der Waals surface area contributed by atoms with Crippen molar-refractivity contribution >= 4 is 52.7 Å². The normalized spacial score (nSPS) is 11.1. The molecule has 8 N–H and O–H groups in total. The Hall–Kier alpha value is -4.35. The van der Waals surface area contributed by atoms with Gasteiger partial charge >= 0.3 is 6.18 Å². The van der Waals surface area contributed by atoms with Gasteiger partial charge in [-0.1, -0.05) is 31.5 Å². The molecule has 0 aliphatic carbocycles. The number of aldehydes is 1. The van der Waals surface area contributed by atoms with Crippen LogP contribution in [0.5, 0.6) is 0 Å². The fourth-order valence-electron chi connectivity index (χ4n) is 2.66. The van der Waals surface area contributed by atoms with Crippen LogP contribution in [0.1, 0.15) is 64.5 Å². The van der Waals surface area contributed by atoms with Crippen LogP contribution >= 0.6 is 22.9 Å². The molecule has 3 aromatic rings. The zero-order chi connectivity index (χ0) is 33.7. The lowest BCUT2D eigenvalue weighted by Crippen LogP contribution is -2.37. The summed E-state index contributed by atoms with van der Waals surface area (Å²) in [5, 5.41) is 8.52. The Kier molecular flexibility index (Phi) is 19.2. The van der Waals surface area contributed by atoms with Gasteiger partial charge in [-0.05, 0) is 19.9 Å². The molecule has 242 valence electrons. The largest absolute Gasteiger partial charge is 0.418 e. The third kappa shape index (κ3) is 14.7. The van der Waals surface area contributed by atoms with Crippen LogP contribution in [0, 0.1) is 0 Å². The first-order chi connectivity index (χ1) is 20.9. The van der Waals surface area contributed by atoms with Crippen molar-refractivity contribution in [2.24, 2.45) is 16.6 Å². The Bertz CT molecular complexity index is 1340. The summed E-state index contributed by atoms with van der Waals surface area (Å²) >= 11 is 6.55. The molecule has 0 bridgehead atoms. The second-order valence-corrected chi connectivity index (χ2v) is 9.25. The van der Waals surface area contributed by atoms with E-state index in [2.05, 4.69) is 52.9 Å². The van der Waals surface area contributed by atoms with Crippen LogP contribution in [0.4, 0.5) is 24.8 Å². The van der Waals surface area contributed by atoms with Crippen LogP contribution < -0.4 is 33.0 Å². The van der Waals surface area contributed by atoms with Crippen molar-refractivity contribution in [1.29, 1.82) is 0 Å². The van der Waals surface area contributed by atoms with Crippen molar-refractivity contribution in [1.82, 2.24) is 30.7 Å². The molecule has 3 aromatic heterocycles. The van der Waals surface area contributed by atoms with Gasteiger partial charge in [0.15, 0.2) is 6.29 Å². The molecule has 1 unspecified atom stereocenters. The number of pyridine rings is 1. The molecule has 0 radical (unpaired) electrons. The number of hydrogen-bond donors (Lipinski definition) is 6. The molecule has 3 heterocycles. The van der Waals surface area contributed by atoms with Crippen molar-refractivity contribution in [3.63, 3.8) is 0 Å². The predicted molar refractivity (Wildman–Crippen MR) is 169 cm³/mol. The molecule has 0 fully saturated rings. The number of halogens is 4. The minimum Gasteiger partial charge on any atom is -0.373 e. The van der Waals surface area contributed by atoms with E-state index in [4.69, 9.17) is 23.2 Å². The number of rotatable bonds is 9. The highest BCUT2D eigenvalue weighted by molar-refractivity contribution is 7.13. The van der Waals surface area contributed by atoms with E-state index in [1.807, 2.05) is 20.8 Å². The molecule has 0 saturated carbocycles. The summed E-state index contributed by atoms with van der Waals surface area (Å²) < 4.78 is 36.7. The molecule has 1 atom stereocenters. The number of aliphatic imine (C=N–C) groups is 1. The summed E-state index contributed by atoms with van der Waals surface area (Å²) in [6.45, 7) is 11.9. The average molecular weight is 660 g/mol. The standard InChI is InChI=1S/C14H19N9O2S.C7H6ClF3N2.C3H6.C2H6/c1-8(13-19-5-9(6-24)26-13)22-12(25)10-4-11(21-7-20-10)17-2-3-18-14(15)23-16;1-12-6-2-4(7(9,10)11)5(8)3-13-6;1-3-2;1-2/h4-8H,2-3,16H2,1H3,(H,22,25)(H3,15,18,23)(H,17,20,21);2-3H,1H3,(H,12,13);3H,1H2,2H3;1-2H3. The molecular formula is C26H37ClF3N11O2S. The average Bonchev–Trinajstić information content (AvgIpc) is 3.50. The Labute approximate surface area is 262 Å². The summed E-state index contributed by atoms with van der Waals surface area (Å²) in [6, 6.07) is 2.03. The van der Waals surface area contributed by atoms with Crippen LogP contribution in [0.25, 0.3) is 0 Å². The SMILES string of the molecule is C=CC.CC.CC(NC(=O)c1cc(NCCN=C(N)NN)ncn1)c1ncc(C=O)s1.CNc1cc(C(F)(F)F)c(Cl)cn1. The maximum absolute atomic E-state index is 12.3. The van der Waals surface area contributed by atoms with E-state index in [1.54, 1.807) is 13.0 Å². The second kappa shape index (κ2) is 21.4. The van der Waals surface area contributed by atoms with Gasteiger partial charge < -0.3 is 21.7 Å². The van der Waals surface area contributed by atoms with E-state index >= 15 is 0 Å². The van der Waals surface area contributed by atoms with E-state index < -0.39 is 16.8 Å². The van der Waals surface area contributed by atoms with Gasteiger partial charge in [0.2, 0.25) is 5.96 Å². The minimum absolute atomic E-state index is 0.128. The molecule has 0 aliphatic rings. The number of thiazole rings is 1. The monoisotopic (exact) mass is 659 g/mol. The van der Waals surface area contributed by atoms with Crippen molar-refractivity contribution in [2.75, 3.05) is 30.8 Å². The first kappa shape index (κ1) is 39.6. The quantitative estimate of drug-likeness (QED) is 0.0361. The number of allylic oxidation sites excluding steroid dienone is 1. The zero-order valence-corrected chi connectivity index (χ0v) is 26.4. The third-order valence-electron chi connectivity index (χ3n) is 4.54. The van der Waals surface area contributed by atoms with Crippen LogP contribution in [0.3, 0.4) is 0 Å². The molecule has 0 spiro atoms. The molecule has 0 saturated heterocycles. The van der Waals surface area contributed by atoms with Crippen molar-refractivity contribution < 1.29 is 22.8 Å². The Morgan fingerprint density at radius 3 is 2.39 bits per heavy atom. The number of hydrazine groups is 1. The topological polar surface area (TPSA) is 198 Å². The fraction of sp³-hybridized carbons (Fsp3) is 0.346. The number of alkyl halides is 3. The van der Waals surface area contributed by atoms with E-state index in [-0.39, 0.29) is 29.4 Å². The number of hydrogen-bond acceptors (Lipinski definition) is 11. The molecule has 1 amide bonds. The van der Waals surface area contributed by atoms with Gasteiger partial charge in [0.25, 0.3) is 5.91 Å². The maximum atomic E-state index is 12.3. The Morgan fingerprint density at radius 2 is 1.84 bits per heavy atom. The number of nitrogens with two attached hydrogens (primary N) is 2. The third-order valence-corrected chi connectivity index (χ3v) is 5.95. The number of amides is 1. The number of guanidine groups is 1. The van der Waals surface area contributed by atoms with Crippen LogP contribution in [-0.2, 0) is 6.18 Å². The van der Waals surface area contributed by atoms with Crippen LogP contribution in [-0.4, -0.2) is 58.2 Å². The number of anilines is 2. The van der Waals surface area contributed by atoms with Gasteiger partial charge in [-0.3, -0.25) is 20.0 Å². The highest BCUT2D eigenvalue weighted by Crippen LogP contribution is 2.35. The number of carbonyl (C=O) groups excluding carboxylic acids is 2. The zero-order valence-electron chi connectivity index (χ0n) is 24.9. The second-order valence-electron chi connectivity index (χ2n) is 7.75. The highest BCUT2D eigenvalue weighted by atomic mass is 35.5. The minimum atomic E-state index is -4.44. The molecule has 0 aromatic carbocycles. The van der Waals surface area contributed by atoms with Gasteiger partial charge in [-0.15, -0.1) is 17.9 Å². The first-order valence-corrected chi connectivity index (χ1v) is 14.1. The summed E-state index contributed by atoms with van der Waals surface area (Å²) in [4.78, 5) is 43.2. The molecular weight excluding hydrogens is 623 g/mol. The summed E-state index contributed by atoms with van der Waals surface area (Å²) in [7, 11) is 1.48. The van der Waals surface area contributed by atoms with E-state index in [9.17, 15) is 22.8 Å². The van der Waals surface area contributed by atoms with Crippen molar-refractivity contribution in [3.8, 4) is 0 Å². The molecule has 44 heavy (non-hydrogen) atoms. The molecule has 3 rings (SSSR count). The van der Waals surface area contributed by atoms with Gasteiger partial charge in [0.1, 0.15) is 28.7 Å². The summed E-state index contributed by atoms with van der Waals surface area (Å²) in [5.74, 6) is 5.46. The Morgan fingerprint density at radius 1 is 1.18 bits per heavy atom. The smallest absolute Gasteiger partial charge is 0.373 e. The lowest BCUT2D eigenvalue weighted by Gasteiger charge is -2.11. The lowest BCUT2D eigenvalue weighted by atomic mass is 10.2. The number of nitrogens with zero attached hydrogens (tertiary/aromatic N) is 5.